The van der Waals surface area contributed by atoms with Crippen LogP contribution in [0.2, 0.25) is 5.02 Å². The lowest BCUT2D eigenvalue weighted by Crippen LogP contribution is -2.28. The van der Waals surface area contributed by atoms with Crippen LogP contribution in [-0.2, 0) is 11.2 Å². The second-order valence-corrected chi connectivity index (χ2v) is 7.09. The fourth-order valence-electron chi connectivity index (χ4n) is 2.67. The number of rotatable bonds is 4. The Labute approximate surface area is 161 Å². The summed E-state index contributed by atoms with van der Waals surface area (Å²) in [5, 5.41) is 0.868. The molecule has 1 aliphatic heterocycles. The lowest BCUT2D eigenvalue weighted by molar-refractivity contribution is -0.122. The first-order valence-corrected chi connectivity index (χ1v) is 9.56. The van der Waals surface area contributed by atoms with Crippen molar-refractivity contribution in [2.45, 2.75) is 20.3 Å². The number of hydrogen-bond donors (Lipinski definition) is 0. The molecule has 0 aromatic heterocycles. The van der Waals surface area contributed by atoms with Gasteiger partial charge in [0.25, 0.3) is 5.91 Å². The van der Waals surface area contributed by atoms with Gasteiger partial charge in [-0.1, -0.05) is 42.8 Å². The number of aliphatic imine (C=N–C) groups is 1. The molecule has 3 rings (SSSR count). The van der Waals surface area contributed by atoms with Crippen molar-refractivity contribution in [1.82, 2.24) is 4.90 Å². The van der Waals surface area contributed by atoms with E-state index in [0.29, 0.717) is 16.6 Å². The van der Waals surface area contributed by atoms with Gasteiger partial charge in [0.2, 0.25) is 0 Å². The third kappa shape index (κ3) is 3.69. The summed E-state index contributed by atoms with van der Waals surface area (Å²) >= 11 is 7.32. The number of amidine groups is 1. The molecule has 0 bridgehead atoms. The highest BCUT2D eigenvalue weighted by Gasteiger charge is 2.32. The maximum absolute atomic E-state index is 14.1. The molecule has 2 aromatic carbocycles. The van der Waals surface area contributed by atoms with E-state index in [9.17, 15) is 9.18 Å². The molecule has 1 heterocycles. The summed E-state index contributed by atoms with van der Waals surface area (Å²) in [4.78, 5) is 19.4. The number of halogens is 2. The van der Waals surface area contributed by atoms with Crippen LogP contribution in [0.4, 0.5) is 10.1 Å². The highest BCUT2D eigenvalue weighted by atomic mass is 35.5. The van der Waals surface area contributed by atoms with Gasteiger partial charge < -0.3 is 0 Å². The predicted molar refractivity (Wildman–Crippen MR) is 107 cm³/mol. The molecule has 1 aliphatic rings. The number of amides is 1. The van der Waals surface area contributed by atoms with Crippen molar-refractivity contribution < 1.29 is 9.18 Å². The molecule has 134 valence electrons. The van der Waals surface area contributed by atoms with Gasteiger partial charge in [-0.15, -0.1) is 0 Å². The number of carbonyl (C=O) groups excluding carboxylic acids is 1. The molecule has 1 fully saturated rings. The van der Waals surface area contributed by atoms with Gasteiger partial charge in [-0.05, 0) is 54.9 Å². The Morgan fingerprint density at radius 1 is 1.19 bits per heavy atom. The first-order chi connectivity index (χ1) is 12.5. The average molecular weight is 389 g/mol. The fourth-order valence-corrected chi connectivity index (χ4v) is 3.93. The van der Waals surface area contributed by atoms with Gasteiger partial charge in [-0.2, -0.15) is 0 Å². The van der Waals surface area contributed by atoms with E-state index in [4.69, 9.17) is 11.6 Å². The average Bonchev–Trinajstić information content (AvgIpc) is 2.93. The minimum absolute atomic E-state index is 0.190. The van der Waals surface area contributed by atoms with Crippen LogP contribution in [0.25, 0.3) is 6.08 Å². The van der Waals surface area contributed by atoms with Crippen LogP contribution in [0.1, 0.15) is 25.0 Å². The van der Waals surface area contributed by atoms with E-state index in [1.165, 1.54) is 30.0 Å². The molecule has 0 N–H and O–H groups in total. The Morgan fingerprint density at radius 3 is 2.65 bits per heavy atom. The second-order valence-electron chi connectivity index (χ2n) is 5.67. The Balaban J connectivity index is 2.01. The van der Waals surface area contributed by atoms with Crippen LogP contribution in [0, 0.1) is 5.82 Å². The molecular formula is C20H18ClFN2OS. The maximum Gasteiger partial charge on any atom is 0.266 e. The van der Waals surface area contributed by atoms with Crippen LogP contribution >= 0.6 is 23.4 Å². The zero-order chi connectivity index (χ0) is 18.7. The Bertz CT molecular complexity index is 890. The maximum atomic E-state index is 14.1. The van der Waals surface area contributed by atoms with E-state index in [0.717, 1.165) is 17.7 Å². The molecular weight excluding hydrogens is 371 g/mol. The van der Waals surface area contributed by atoms with Crippen molar-refractivity contribution in [2.75, 3.05) is 6.54 Å². The van der Waals surface area contributed by atoms with Crippen molar-refractivity contribution in [2.24, 2.45) is 4.99 Å². The lowest BCUT2D eigenvalue weighted by atomic mass is 10.1. The standard InChI is InChI=1S/C20H18ClFN2OS/c1-3-13-8-5-6-11-17(13)23-20-24(4-2)19(25)18(26-20)12-14-15(21)9-7-10-16(14)22/h5-12H,3-4H2,1-2H3/b18-12+,23-20?. The van der Waals surface area contributed by atoms with Crippen LogP contribution < -0.4 is 0 Å². The van der Waals surface area contributed by atoms with Crippen LogP contribution in [0.5, 0.6) is 0 Å². The van der Waals surface area contributed by atoms with Gasteiger partial charge in [0.05, 0.1) is 15.6 Å². The van der Waals surface area contributed by atoms with Gasteiger partial charge in [-0.3, -0.25) is 9.69 Å². The summed E-state index contributed by atoms with van der Waals surface area (Å²) in [6.45, 7) is 4.44. The number of thioether (sulfide) groups is 1. The van der Waals surface area contributed by atoms with E-state index in [2.05, 4.69) is 11.9 Å². The predicted octanol–water partition coefficient (Wildman–Crippen LogP) is 5.67. The van der Waals surface area contributed by atoms with E-state index in [-0.39, 0.29) is 16.5 Å². The van der Waals surface area contributed by atoms with E-state index in [1.54, 1.807) is 11.0 Å². The largest absolute Gasteiger partial charge is 0.287 e. The molecule has 0 radical (unpaired) electrons. The van der Waals surface area contributed by atoms with Crippen molar-refractivity contribution in [3.8, 4) is 0 Å². The number of carbonyl (C=O) groups is 1. The molecule has 6 heteroatoms. The first-order valence-electron chi connectivity index (χ1n) is 8.37. The van der Waals surface area contributed by atoms with Crippen molar-refractivity contribution >= 4 is 46.2 Å². The fraction of sp³-hybridized carbons (Fsp3) is 0.200. The molecule has 2 aromatic rings. The molecule has 0 saturated carbocycles. The van der Waals surface area contributed by atoms with Gasteiger partial charge in [0.1, 0.15) is 5.82 Å². The SMILES string of the molecule is CCc1ccccc1N=C1S/C(=C/c2c(F)cccc2Cl)C(=O)N1CC. The molecule has 3 nitrogen and oxygen atoms in total. The van der Waals surface area contributed by atoms with Gasteiger partial charge >= 0.3 is 0 Å². The third-order valence-electron chi connectivity index (χ3n) is 4.07. The van der Waals surface area contributed by atoms with Gasteiger partial charge in [-0.25, -0.2) is 9.38 Å². The van der Waals surface area contributed by atoms with Crippen LogP contribution in [0.15, 0.2) is 52.4 Å². The molecule has 0 atom stereocenters. The number of aryl methyl sites for hydroxylation is 1. The molecule has 26 heavy (non-hydrogen) atoms. The molecule has 0 spiro atoms. The van der Waals surface area contributed by atoms with Crippen molar-refractivity contribution in [3.63, 3.8) is 0 Å². The van der Waals surface area contributed by atoms with Crippen molar-refractivity contribution in [1.29, 1.82) is 0 Å². The molecule has 1 amide bonds. The monoisotopic (exact) mass is 388 g/mol. The van der Waals surface area contributed by atoms with E-state index >= 15 is 0 Å². The molecule has 0 unspecified atom stereocenters. The van der Waals surface area contributed by atoms with E-state index < -0.39 is 5.82 Å². The third-order valence-corrected chi connectivity index (χ3v) is 5.40. The Kier molecular flexibility index (Phi) is 5.79. The highest BCUT2D eigenvalue weighted by Crippen LogP contribution is 2.36. The minimum atomic E-state index is -0.455. The molecule has 1 saturated heterocycles. The Hall–Kier alpha value is -2.11. The lowest BCUT2D eigenvalue weighted by Gasteiger charge is -2.12. The van der Waals surface area contributed by atoms with Crippen LogP contribution in [0.3, 0.4) is 0 Å². The van der Waals surface area contributed by atoms with Crippen LogP contribution in [-0.4, -0.2) is 22.5 Å². The van der Waals surface area contributed by atoms with Crippen molar-refractivity contribution in [3.05, 3.63) is 69.3 Å². The number of para-hydroxylation sites is 1. The summed E-state index contributed by atoms with van der Waals surface area (Å²) in [5.41, 5.74) is 2.17. The quantitative estimate of drug-likeness (QED) is 0.632. The zero-order valence-electron chi connectivity index (χ0n) is 14.5. The Morgan fingerprint density at radius 2 is 1.96 bits per heavy atom. The summed E-state index contributed by atoms with van der Waals surface area (Å²) in [7, 11) is 0. The molecule has 0 aliphatic carbocycles. The topological polar surface area (TPSA) is 32.7 Å². The smallest absolute Gasteiger partial charge is 0.266 e. The summed E-state index contributed by atoms with van der Waals surface area (Å²) in [6, 6.07) is 12.3. The summed E-state index contributed by atoms with van der Waals surface area (Å²) in [5.74, 6) is -0.646. The number of nitrogens with zero attached hydrogens (tertiary/aromatic N) is 2. The summed E-state index contributed by atoms with van der Waals surface area (Å²) < 4.78 is 14.1. The minimum Gasteiger partial charge on any atom is -0.287 e. The summed E-state index contributed by atoms with van der Waals surface area (Å²) in [6.07, 6.45) is 2.35. The second kappa shape index (κ2) is 8.06. The number of hydrogen-bond acceptors (Lipinski definition) is 3. The van der Waals surface area contributed by atoms with Gasteiger partial charge in [0, 0.05) is 12.1 Å². The number of likely N-dealkylation sites (N-methyl/N-ethyl adjacent to an activating group) is 1. The van der Waals surface area contributed by atoms with E-state index in [1.807, 2.05) is 31.2 Å². The number of benzene rings is 2. The zero-order valence-corrected chi connectivity index (χ0v) is 16.1. The van der Waals surface area contributed by atoms with Gasteiger partial charge in [0.15, 0.2) is 5.17 Å². The highest BCUT2D eigenvalue weighted by molar-refractivity contribution is 8.18. The first kappa shape index (κ1) is 18.7. The normalized spacial score (nSPS) is 17.5.